The van der Waals surface area contributed by atoms with E-state index in [1.807, 2.05) is 0 Å². The van der Waals surface area contributed by atoms with Crippen LogP contribution in [0.1, 0.15) is 18.9 Å². The Morgan fingerprint density at radius 3 is 2.83 bits per heavy atom. The van der Waals surface area contributed by atoms with E-state index in [2.05, 4.69) is 52.4 Å². The standard InChI is InChI=1S/C21H32N4O3S/c1-2-22-21(23-12-18-8-11-29(26,27)16-18)25-14-19-20(15-25)28-10-9-24(19)13-17-6-4-3-5-7-17/h3-7,18-20H,2,8-16H2,1H3,(H,22,23). The summed E-state index contributed by atoms with van der Waals surface area (Å²) in [6.07, 6.45) is 0.910. The zero-order valence-corrected chi connectivity index (χ0v) is 18.0. The highest BCUT2D eigenvalue weighted by atomic mass is 32.2. The minimum atomic E-state index is -2.86. The number of nitrogens with zero attached hydrogens (tertiary/aromatic N) is 3. The molecule has 3 heterocycles. The zero-order chi connectivity index (χ0) is 20.3. The normalized spacial score (nSPS) is 29.8. The van der Waals surface area contributed by atoms with Crippen LogP contribution in [0.4, 0.5) is 0 Å². The third-order valence-corrected chi connectivity index (χ3v) is 7.94. The number of ether oxygens (including phenoxy) is 1. The fourth-order valence-corrected chi connectivity index (χ4v) is 6.45. The lowest BCUT2D eigenvalue weighted by atomic mass is 10.1. The van der Waals surface area contributed by atoms with Gasteiger partial charge in [0.2, 0.25) is 0 Å². The van der Waals surface area contributed by atoms with Crippen LogP contribution in [-0.2, 0) is 21.1 Å². The van der Waals surface area contributed by atoms with Crippen molar-refractivity contribution in [2.45, 2.75) is 32.0 Å². The van der Waals surface area contributed by atoms with Crippen molar-refractivity contribution in [3.05, 3.63) is 35.9 Å². The van der Waals surface area contributed by atoms with Gasteiger partial charge in [0.15, 0.2) is 15.8 Å². The molecule has 3 aliphatic rings. The van der Waals surface area contributed by atoms with E-state index >= 15 is 0 Å². The topological polar surface area (TPSA) is 74.2 Å². The molecule has 8 heteroatoms. The van der Waals surface area contributed by atoms with E-state index in [4.69, 9.17) is 9.73 Å². The van der Waals surface area contributed by atoms with Crippen LogP contribution in [0.15, 0.2) is 35.3 Å². The Balaban J connectivity index is 1.41. The molecule has 7 nitrogen and oxygen atoms in total. The number of benzene rings is 1. The van der Waals surface area contributed by atoms with Crippen molar-refractivity contribution in [3.63, 3.8) is 0 Å². The van der Waals surface area contributed by atoms with Gasteiger partial charge in [-0.1, -0.05) is 30.3 Å². The first kappa shape index (κ1) is 20.6. The Labute approximate surface area is 174 Å². The van der Waals surface area contributed by atoms with E-state index < -0.39 is 9.84 Å². The highest BCUT2D eigenvalue weighted by Crippen LogP contribution is 2.25. The van der Waals surface area contributed by atoms with Gasteiger partial charge in [-0.3, -0.25) is 9.89 Å². The number of morpholine rings is 1. The molecule has 1 aromatic rings. The Morgan fingerprint density at radius 1 is 1.28 bits per heavy atom. The van der Waals surface area contributed by atoms with E-state index in [0.29, 0.717) is 18.3 Å². The third-order valence-electron chi connectivity index (χ3n) is 6.11. The summed E-state index contributed by atoms with van der Waals surface area (Å²) in [6.45, 7) is 7.78. The second-order valence-corrected chi connectivity index (χ2v) is 10.5. The van der Waals surface area contributed by atoms with Crippen LogP contribution in [0.2, 0.25) is 0 Å². The third kappa shape index (κ3) is 5.10. The van der Waals surface area contributed by atoms with Crippen LogP contribution in [0.5, 0.6) is 0 Å². The highest BCUT2D eigenvalue weighted by Gasteiger charge is 2.41. The predicted octanol–water partition coefficient (Wildman–Crippen LogP) is 0.972. The molecule has 0 saturated carbocycles. The van der Waals surface area contributed by atoms with Gasteiger partial charge >= 0.3 is 0 Å². The molecule has 29 heavy (non-hydrogen) atoms. The van der Waals surface area contributed by atoms with Crippen LogP contribution in [-0.4, -0.2) is 87.2 Å². The van der Waals surface area contributed by atoms with E-state index in [-0.39, 0.29) is 17.8 Å². The predicted molar refractivity (Wildman–Crippen MR) is 115 cm³/mol. The number of hydrogen-bond acceptors (Lipinski definition) is 5. The molecule has 3 saturated heterocycles. The lowest BCUT2D eigenvalue weighted by Crippen LogP contribution is -2.50. The molecule has 0 amide bonds. The number of sulfone groups is 1. The molecule has 1 aromatic carbocycles. The van der Waals surface area contributed by atoms with Gasteiger partial charge in [0.25, 0.3) is 0 Å². The molecule has 0 spiro atoms. The number of fused-ring (bicyclic) bond motifs is 1. The fourth-order valence-electron chi connectivity index (χ4n) is 4.60. The maximum Gasteiger partial charge on any atom is 0.194 e. The van der Waals surface area contributed by atoms with Crippen molar-refractivity contribution in [2.24, 2.45) is 10.9 Å². The minimum Gasteiger partial charge on any atom is -0.373 e. The Hall–Kier alpha value is -1.64. The summed E-state index contributed by atoms with van der Waals surface area (Å²) in [7, 11) is -2.86. The first-order valence-electron chi connectivity index (χ1n) is 10.7. The van der Waals surface area contributed by atoms with E-state index in [1.54, 1.807) is 0 Å². The van der Waals surface area contributed by atoms with Crippen LogP contribution >= 0.6 is 0 Å². The van der Waals surface area contributed by atoms with Crippen LogP contribution in [0, 0.1) is 5.92 Å². The summed E-state index contributed by atoms with van der Waals surface area (Å²) in [5, 5.41) is 3.40. The molecule has 0 aliphatic carbocycles. The fraction of sp³-hybridized carbons (Fsp3) is 0.667. The first-order valence-corrected chi connectivity index (χ1v) is 12.5. The molecule has 1 N–H and O–H groups in total. The first-order chi connectivity index (χ1) is 14.0. The van der Waals surface area contributed by atoms with Gasteiger partial charge in [-0.15, -0.1) is 0 Å². The Morgan fingerprint density at radius 2 is 2.10 bits per heavy atom. The molecule has 0 aromatic heterocycles. The van der Waals surface area contributed by atoms with Crippen LogP contribution < -0.4 is 5.32 Å². The number of hydrogen-bond donors (Lipinski definition) is 1. The summed E-state index contributed by atoms with van der Waals surface area (Å²) >= 11 is 0. The molecule has 3 fully saturated rings. The average Bonchev–Trinajstić information content (AvgIpc) is 3.29. The lowest BCUT2D eigenvalue weighted by molar-refractivity contribution is -0.0502. The van der Waals surface area contributed by atoms with E-state index in [0.717, 1.165) is 51.7 Å². The molecular weight excluding hydrogens is 388 g/mol. The molecular formula is C21H32N4O3S. The number of nitrogens with one attached hydrogen (secondary N) is 1. The van der Waals surface area contributed by atoms with Crippen molar-refractivity contribution in [1.82, 2.24) is 15.1 Å². The molecule has 4 rings (SSSR count). The summed E-state index contributed by atoms with van der Waals surface area (Å²) in [5.41, 5.74) is 1.33. The average molecular weight is 421 g/mol. The summed E-state index contributed by atoms with van der Waals surface area (Å²) in [4.78, 5) is 9.61. The quantitative estimate of drug-likeness (QED) is 0.565. The number of guanidine groups is 1. The van der Waals surface area contributed by atoms with Gasteiger partial charge in [0.05, 0.1) is 30.3 Å². The van der Waals surface area contributed by atoms with Crippen molar-refractivity contribution < 1.29 is 13.2 Å². The van der Waals surface area contributed by atoms with Gasteiger partial charge in [0.1, 0.15) is 0 Å². The van der Waals surface area contributed by atoms with Gasteiger partial charge in [-0.25, -0.2) is 8.42 Å². The van der Waals surface area contributed by atoms with Gasteiger partial charge in [-0.2, -0.15) is 0 Å². The maximum atomic E-state index is 11.7. The number of rotatable bonds is 5. The summed E-state index contributed by atoms with van der Waals surface area (Å²) in [5.74, 6) is 1.61. The van der Waals surface area contributed by atoms with Crippen LogP contribution in [0.3, 0.4) is 0 Å². The molecule has 0 radical (unpaired) electrons. The van der Waals surface area contributed by atoms with Crippen LogP contribution in [0.25, 0.3) is 0 Å². The SMILES string of the molecule is CCNC(=NCC1CCS(=O)(=O)C1)N1CC2OCCN(Cc3ccccc3)C2C1. The highest BCUT2D eigenvalue weighted by molar-refractivity contribution is 7.91. The van der Waals surface area contributed by atoms with Crippen molar-refractivity contribution in [3.8, 4) is 0 Å². The lowest BCUT2D eigenvalue weighted by Gasteiger charge is -2.36. The Bertz CT molecular complexity index is 814. The van der Waals surface area contributed by atoms with Crippen molar-refractivity contribution in [1.29, 1.82) is 0 Å². The smallest absolute Gasteiger partial charge is 0.194 e. The molecule has 160 valence electrons. The number of likely N-dealkylation sites (tertiary alicyclic amines) is 1. The van der Waals surface area contributed by atoms with Gasteiger partial charge < -0.3 is 15.0 Å². The Kier molecular flexibility index (Phi) is 6.41. The minimum absolute atomic E-state index is 0.143. The van der Waals surface area contributed by atoms with Gasteiger partial charge in [0, 0.05) is 39.3 Å². The molecule has 3 aliphatic heterocycles. The molecule has 0 bridgehead atoms. The van der Waals surface area contributed by atoms with E-state index in [1.165, 1.54) is 5.56 Å². The largest absolute Gasteiger partial charge is 0.373 e. The van der Waals surface area contributed by atoms with Crippen molar-refractivity contribution in [2.75, 3.05) is 50.8 Å². The second-order valence-electron chi connectivity index (χ2n) is 8.30. The second kappa shape index (κ2) is 9.02. The molecule has 3 unspecified atom stereocenters. The van der Waals surface area contributed by atoms with Crippen molar-refractivity contribution >= 4 is 15.8 Å². The maximum absolute atomic E-state index is 11.7. The summed E-state index contributed by atoms with van der Waals surface area (Å²) < 4.78 is 29.5. The number of aliphatic imine (C=N–C) groups is 1. The monoisotopic (exact) mass is 420 g/mol. The summed E-state index contributed by atoms with van der Waals surface area (Å²) in [6, 6.07) is 10.9. The van der Waals surface area contributed by atoms with E-state index in [9.17, 15) is 8.42 Å². The van der Waals surface area contributed by atoms with Gasteiger partial charge in [-0.05, 0) is 24.8 Å². The zero-order valence-electron chi connectivity index (χ0n) is 17.2. The molecule has 3 atom stereocenters.